The molecule has 2 rings (SSSR count). The van der Waals surface area contributed by atoms with E-state index in [4.69, 9.17) is 21.3 Å². The van der Waals surface area contributed by atoms with Crippen LogP contribution in [-0.4, -0.2) is 19.5 Å². The molecule has 0 saturated carbocycles. The maximum atomic E-state index is 5.71. The summed E-state index contributed by atoms with van der Waals surface area (Å²) in [4.78, 5) is 1.15. The molecule has 0 aliphatic rings. The number of hydrogen-bond donors (Lipinski definition) is 0. The minimum absolute atomic E-state index is 0.488. The Morgan fingerprint density at radius 3 is 2.43 bits per heavy atom. The van der Waals surface area contributed by atoms with E-state index in [9.17, 15) is 0 Å². The number of methoxy groups -OCH3 is 1. The number of benzene rings is 2. The van der Waals surface area contributed by atoms with Crippen LogP contribution in [0.4, 0.5) is 0 Å². The van der Waals surface area contributed by atoms with Crippen LogP contribution in [0.5, 0.6) is 17.2 Å². The average Bonchev–Trinajstić information content (AvgIpc) is 2.58. The van der Waals surface area contributed by atoms with Gasteiger partial charge in [-0.2, -0.15) is 0 Å². The number of ether oxygens (including phenoxy) is 3. The first-order valence-electron chi connectivity index (χ1n) is 7.16. The summed E-state index contributed by atoms with van der Waals surface area (Å²) in [5.41, 5.74) is 2.03. The summed E-state index contributed by atoms with van der Waals surface area (Å²) in [5, 5.41) is 0. The van der Waals surface area contributed by atoms with Crippen LogP contribution in [0, 0.1) is 14.0 Å². The Morgan fingerprint density at radius 1 is 1.13 bits per heavy atom. The molecule has 0 spiro atoms. The second kappa shape index (κ2) is 8.53. The molecule has 2 aromatic rings. The van der Waals surface area contributed by atoms with Gasteiger partial charge in [-0.05, 0) is 60.5 Å². The molecule has 0 heterocycles. The molecule has 0 aromatic heterocycles. The smallest absolute Gasteiger partial charge is 0.180 e. The second-order valence-electron chi connectivity index (χ2n) is 5.05. The van der Waals surface area contributed by atoms with Crippen molar-refractivity contribution in [1.82, 2.24) is 0 Å². The molecule has 23 heavy (non-hydrogen) atoms. The van der Waals surface area contributed by atoms with Crippen LogP contribution >= 0.6 is 11.8 Å². The van der Waals surface area contributed by atoms with E-state index in [0.717, 1.165) is 33.3 Å². The quantitative estimate of drug-likeness (QED) is 0.515. The Kier molecular flexibility index (Phi) is 6.41. The van der Waals surface area contributed by atoms with Gasteiger partial charge in [0.15, 0.2) is 7.11 Å². The zero-order valence-corrected chi connectivity index (χ0v) is 14.2. The maximum Gasteiger partial charge on any atom is 0.180 e. The summed E-state index contributed by atoms with van der Waals surface area (Å²) < 4.78 is 15.6. The minimum Gasteiger partial charge on any atom is -0.497 e. The molecule has 0 fully saturated rings. The van der Waals surface area contributed by atoms with Crippen molar-refractivity contribution in [3.05, 3.63) is 67.3 Å². The Hall–Kier alpha value is -2.07. The van der Waals surface area contributed by atoms with Crippen molar-refractivity contribution < 1.29 is 14.2 Å². The SMILES string of the molecule is [CH]Oc1ccc(SCC(=C)COc2ccc(OC)cc2)cc1C. The van der Waals surface area contributed by atoms with E-state index in [1.54, 1.807) is 18.9 Å². The molecule has 3 nitrogen and oxygen atoms in total. The molecule has 0 atom stereocenters. The Balaban J connectivity index is 1.79. The second-order valence-corrected chi connectivity index (χ2v) is 6.10. The van der Waals surface area contributed by atoms with Gasteiger partial charge in [0.05, 0.1) is 7.11 Å². The highest BCUT2D eigenvalue weighted by Crippen LogP contribution is 2.26. The topological polar surface area (TPSA) is 27.7 Å². The first-order chi connectivity index (χ1) is 11.1. The lowest BCUT2D eigenvalue weighted by Crippen LogP contribution is -2.02. The predicted molar refractivity (Wildman–Crippen MR) is 94.5 cm³/mol. The van der Waals surface area contributed by atoms with Crippen LogP contribution in [0.25, 0.3) is 0 Å². The van der Waals surface area contributed by atoms with Gasteiger partial charge in [0.1, 0.15) is 23.9 Å². The van der Waals surface area contributed by atoms with Crippen LogP contribution in [0.1, 0.15) is 5.56 Å². The molecule has 2 aromatic carbocycles. The molecule has 4 heteroatoms. The monoisotopic (exact) mass is 328 g/mol. The fraction of sp³-hybridized carbons (Fsp3) is 0.211. The van der Waals surface area contributed by atoms with Crippen molar-refractivity contribution in [2.45, 2.75) is 11.8 Å². The molecular weight excluding hydrogens is 308 g/mol. The fourth-order valence-electron chi connectivity index (χ4n) is 1.93. The summed E-state index contributed by atoms with van der Waals surface area (Å²) in [6.07, 6.45) is 0. The molecule has 0 N–H and O–H groups in total. The van der Waals surface area contributed by atoms with Gasteiger partial charge < -0.3 is 14.2 Å². The van der Waals surface area contributed by atoms with Crippen molar-refractivity contribution in [2.75, 3.05) is 19.5 Å². The van der Waals surface area contributed by atoms with Gasteiger partial charge in [0, 0.05) is 10.6 Å². The summed E-state index contributed by atoms with van der Waals surface area (Å²) in [6, 6.07) is 13.4. The highest BCUT2D eigenvalue weighted by atomic mass is 32.2. The van der Waals surface area contributed by atoms with Crippen LogP contribution in [-0.2, 0) is 0 Å². The van der Waals surface area contributed by atoms with Gasteiger partial charge in [-0.1, -0.05) is 6.58 Å². The zero-order valence-electron chi connectivity index (χ0n) is 13.4. The summed E-state index contributed by atoms with van der Waals surface area (Å²) in [7, 11) is 6.83. The van der Waals surface area contributed by atoms with Crippen molar-refractivity contribution in [3.8, 4) is 17.2 Å². The van der Waals surface area contributed by atoms with E-state index in [1.165, 1.54) is 0 Å². The predicted octanol–water partition coefficient (Wildman–Crippen LogP) is 4.78. The molecule has 0 saturated heterocycles. The molecule has 0 unspecified atom stereocenters. The normalized spacial score (nSPS) is 10.2. The summed E-state index contributed by atoms with van der Waals surface area (Å²) >= 11 is 1.71. The molecule has 0 amide bonds. The van der Waals surface area contributed by atoms with Crippen molar-refractivity contribution in [2.24, 2.45) is 0 Å². The number of hydrogen-bond acceptors (Lipinski definition) is 4. The van der Waals surface area contributed by atoms with Gasteiger partial charge in [0.2, 0.25) is 0 Å². The van der Waals surface area contributed by atoms with Crippen molar-refractivity contribution >= 4 is 11.8 Å². The first-order valence-corrected chi connectivity index (χ1v) is 8.14. The van der Waals surface area contributed by atoms with Crippen molar-refractivity contribution in [3.63, 3.8) is 0 Å². The molecule has 120 valence electrons. The third kappa shape index (κ3) is 5.25. The van der Waals surface area contributed by atoms with Crippen LogP contribution in [0.2, 0.25) is 0 Å². The highest BCUT2D eigenvalue weighted by molar-refractivity contribution is 7.99. The Bertz CT molecular complexity index is 650. The lowest BCUT2D eigenvalue weighted by molar-refractivity contribution is 0.351. The molecule has 0 aliphatic heterocycles. The van der Waals surface area contributed by atoms with Gasteiger partial charge >= 0.3 is 0 Å². The van der Waals surface area contributed by atoms with E-state index in [0.29, 0.717) is 12.4 Å². The lowest BCUT2D eigenvalue weighted by atomic mass is 10.2. The van der Waals surface area contributed by atoms with Gasteiger partial charge in [-0.3, -0.25) is 0 Å². The first kappa shape index (κ1) is 17.3. The fourth-order valence-corrected chi connectivity index (χ4v) is 2.81. The molecule has 0 bridgehead atoms. The van der Waals surface area contributed by atoms with E-state index in [-0.39, 0.29) is 0 Å². The van der Waals surface area contributed by atoms with E-state index in [2.05, 4.69) is 6.58 Å². The van der Waals surface area contributed by atoms with Crippen molar-refractivity contribution in [1.29, 1.82) is 0 Å². The third-order valence-corrected chi connectivity index (χ3v) is 4.36. The van der Waals surface area contributed by atoms with E-state index >= 15 is 0 Å². The van der Waals surface area contributed by atoms with Crippen LogP contribution in [0.3, 0.4) is 0 Å². The van der Waals surface area contributed by atoms with Gasteiger partial charge in [-0.15, -0.1) is 11.8 Å². The Labute approximate surface area is 142 Å². The zero-order chi connectivity index (χ0) is 16.7. The summed E-state index contributed by atoms with van der Waals surface area (Å²) in [6.45, 7) is 6.51. The Morgan fingerprint density at radius 2 is 1.83 bits per heavy atom. The standard InChI is InChI=1S/C19H20O3S/c1-14(12-22-17-7-5-16(20-3)6-8-17)13-23-18-9-10-19(21-4)15(2)11-18/h4-11H,1,12-13H2,2-3H3. The molecule has 0 aliphatic carbocycles. The maximum absolute atomic E-state index is 5.71. The number of thioether (sulfide) groups is 1. The number of rotatable bonds is 8. The van der Waals surface area contributed by atoms with Crippen LogP contribution in [0.15, 0.2) is 59.5 Å². The van der Waals surface area contributed by atoms with E-state index in [1.807, 2.05) is 49.4 Å². The summed E-state index contributed by atoms with van der Waals surface area (Å²) in [5.74, 6) is 3.10. The molecule has 2 radical (unpaired) electrons. The number of aryl methyl sites for hydroxylation is 1. The lowest BCUT2D eigenvalue weighted by Gasteiger charge is -2.10. The van der Waals surface area contributed by atoms with Crippen LogP contribution < -0.4 is 14.2 Å². The third-order valence-electron chi connectivity index (χ3n) is 3.22. The van der Waals surface area contributed by atoms with E-state index < -0.39 is 0 Å². The van der Waals surface area contributed by atoms with Gasteiger partial charge in [0.25, 0.3) is 0 Å². The van der Waals surface area contributed by atoms with Gasteiger partial charge in [-0.25, -0.2) is 0 Å². The molecular formula is C19H20O3S. The largest absolute Gasteiger partial charge is 0.497 e. The minimum atomic E-state index is 0.488. The average molecular weight is 328 g/mol. The highest BCUT2D eigenvalue weighted by Gasteiger charge is 2.03.